The van der Waals surface area contributed by atoms with E-state index in [9.17, 15) is 29.2 Å². The molecule has 0 spiro atoms. The summed E-state index contributed by atoms with van der Waals surface area (Å²) in [5, 5.41) is 39.8. The van der Waals surface area contributed by atoms with Crippen molar-refractivity contribution >= 4 is 31.5 Å². The molecule has 1 amide bonds. The van der Waals surface area contributed by atoms with Crippen LogP contribution in [-0.4, -0.2) is 88.5 Å². The first-order chi connectivity index (χ1) is 14.2. The summed E-state index contributed by atoms with van der Waals surface area (Å²) in [6, 6.07) is -1.79. The average Bonchev–Trinajstić information content (AvgIpc) is 3.13. The maximum absolute atomic E-state index is 12.3. The van der Waals surface area contributed by atoms with E-state index in [-0.39, 0.29) is 0 Å². The van der Waals surface area contributed by atoms with Crippen LogP contribution in [0.4, 0.5) is 5.82 Å². The van der Waals surface area contributed by atoms with Crippen LogP contribution in [-0.2, 0) is 23.4 Å². The van der Waals surface area contributed by atoms with Crippen molar-refractivity contribution in [3.05, 3.63) is 12.0 Å². The van der Waals surface area contributed by atoms with Gasteiger partial charge in [0.2, 0.25) is 0 Å². The van der Waals surface area contributed by atoms with E-state index in [1.807, 2.05) is 5.32 Å². The summed E-state index contributed by atoms with van der Waals surface area (Å²) in [6.07, 6.45) is -6.96. The lowest BCUT2D eigenvalue weighted by molar-refractivity contribution is -0.145. The summed E-state index contributed by atoms with van der Waals surface area (Å²) in [6.45, 7) is -2.10. The molecule has 6 atom stereocenters. The van der Waals surface area contributed by atoms with Gasteiger partial charge < -0.3 is 46.0 Å². The normalized spacial score (nSPS) is 26.6. The fourth-order valence-corrected chi connectivity index (χ4v) is 2.80. The maximum atomic E-state index is 12.3. The molecule has 16 nitrogen and oxygen atoms in total. The Kier molecular flexibility index (Phi) is 6.67. The SMILES string of the molecule is [2H]C(OP(=O)(O)O)[C@H]1O[C@@H](n2cnc(C(=O)N[C@@H](CC(=O)O)C(=O)O)c2N)[C@H](O)[C@@H]1O. The number of nitrogens with zero attached hydrogens (tertiary/aromatic N) is 2. The number of phosphoric ester groups is 1. The Hall–Kier alpha value is -2.59. The highest BCUT2D eigenvalue weighted by molar-refractivity contribution is 7.46. The van der Waals surface area contributed by atoms with Gasteiger partial charge in [-0.25, -0.2) is 14.3 Å². The van der Waals surface area contributed by atoms with Crippen molar-refractivity contribution in [3.63, 3.8) is 0 Å². The molecule has 0 radical (unpaired) electrons. The summed E-state index contributed by atoms with van der Waals surface area (Å²) >= 11 is 0. The first kappa shape index (κ1) is 22.1. The highest BCUT2D eigenvalue weighted by Crippen LogP contribution is 2.38. The third-order valence-corrected chi connectivity index (χ3v) is 4.31. The van der Waals surface area contributed by atoms with Gasteiger partial charge in [-0.05, 0) is 0 Å². The number of anilines is 1. The number of nitrogens with one attached hydrogen (secondary N) is 1. The number of carboxylic acid groups (broad SMARTS) is 2. The summed E-state index contributed by atoms with van der Waals surface area (Å²) in [5.41, 5.74) is 5.21. The Morgan fingerprint density at radius 2 is 2.00 bits per heavy atom. The maximum Gasteiger partial charge on any atom is 0.469 e. The van der Waals surface area contributed by atoms with Crippen molar-refractivity contribution in [2.75, 3.05) is 12.3 Å². The number of carbonyl (C=O) groups excluding carboxylic acids is 1. The first-order valence-electron chi connectivity index (χ1n) is 8.56. The van der Waals surface area contributed by atoms with Gasteiger partial charge in [-0.2, -0.15) is 0 Å². The molecule has 30 heavy (non-hydrogen) atoms. The number of phosphoric acid groups is 1. The quantitative estimate of drug-likeness (QED) is 0.171. The average molecular weight is 455 g/mol. The fourth-order valence-electron chi connectivity index (χ4n) is 2.52. The van der Waals surface area contributed by atoms with Crippen LogP contribution in [0.1, 0.15) is 24.5 Å². The van der Waals surface area contributed by atoms with Crippen molar-refractivity contribution in [2.45, 2.75) is 37.0 Å². The van der Waals surface area contributed by atoms with Crippen LogP contribution in [0.2, 0.25) is 0 Å². The molecule has 17 heteroatoms. The molecule has 0 bridgehead atoms. The Labute approximate surface area is 168 Å². The van der Waals surface area contributed by atoms with E-state index in [1.165, 1.54) is 0 Å². The molecule has 1 saturated heterocycles. The van der Waals surface area contributed by atoms with Gasteiger partial charge in [0, 0.05) is 0 Å². The van der Waals surface area contributed by atoms with Crippen molar-refractivity contribution in [1.82, 2.24) is 14.9 Å². The number of aliphatic hydroxyl groups excluding tert-OH is 2. The van der Waals surface area contributed by atoms with Gasteiger partial charge in [0.1, 0.15) is 30.2 Å². The second-order valence-electron chi connectivity index (χ2n) is 6.05. The highest BCUT2D eigenvalue weighted by Gasteiger charge is 2.45. The number of aromatic nitrogens is 2. The van der Waals surface area contributed by atoms with Crippen LogP contribution in [0.3, 0.4) is 0 Å². The Morgan fingerprint density at radius 3 is 2.53 bits per heavy atom. The van der Waals surface area contributed by atoms with E-state index in [1.54, 1.807) is 0 Å². The minimum atomic E-state index is -5.11. The molecule has 2 rings (SSSR count). The predicted molar refractivity (Wildman–Crippen MR) is 91.7 cm³/mol. The number of hydrogen-bond donors (Lipinski definition) is 8. The van der Waals surface area contributed by atoms with E-state index < -0.39 is 80.8 Å². The topological polar surface area (TPSA) is 264 Å². The van der Waals surface area contributed by atoms with Gasteiger partial charge in [0.05, 0.1) is 20.7 Å². The molecule has 0 aromatic carbocycles. The lowest BCUT2D eigenvalue weighted by Crippen LogP contribution is -2.42. The van der Waals surface area contributed by atoms with Gasteiger partial charge in [-0.3, -0.25) is 18.7 Å². The van der Waals surface area contributed by atoms with Gasteiger partial charge in [-0.15, -0.1) is 0 Å². The number of rotatable bonds is 9. The molecule has 1 aromatic rings. The highest BCUT2D eigenvalue weighted by atomic mass is 31.2. The van der Waals surface area contributed by atoms with Crippen LogP contribution in [0, 0.1) is 0 Å². The predicted octanol–water partition coefficient (Wildman–Crippen LogP) is -3.15. The van der Waals surface area contributed by atoms with Crippen molar-refractivity contribution < 1.29 is 59.8 Å². The number of carboxylic acids is 2. The second-order valence-corrected chi connectivity index (χ2v) is 7.24. The fraction of sp³-hybridized carbons (Fsp3) is 0.538. The Bertz CT molecular complexity index is 905. The van der Waals surface area contributed by atoms with Crippen LogP contribution >= 0.6 is 7.82 Å². The van der Waals surface area contributed by atoms with Crippen molar-refractivity contribution in [2.24, 2.45) is 0 Å². The lowest BCUT2D eigenvalue weighted by atomic mass is 10.1. The molecule has 0 saturated carbocycles. The largest absolute Gasteiger partial charge is 0.481 e. The summed E-state index contributed by atoms with van der Waals surface area (Å²) in [5.74, 6) is -4.75. The van der Waals surface area contributed by atoms with Crippen LogP contribution in [0.15, 0.2) is 6.33 Å². The lowest BCUT2D eigenvalue weighted by Gasteiger charge is -2.18. The van der Waals surface area contributed by atoms with Crippen LogP contribution in [0.5, 0.6) is 0 Å². The molecule has 1 unspecified atom stereocenters. The number of nitrogens with two attached hydrogens (primary N) is 1. The number of carbonyl (C=O) groups is 3. The molecule has 0 aliphatic carbocycles. The zero-order valence-corrected chi connectivity index (χ0v) is 15.7. The number of hydrogen-bond acceptors (Lipinski definition) is 10. The first-order valence-corrected chi connectivity index (χ1v) is 9.51. The van der Waals surface area contributed by atoms with Gasteiger partial charge in [-0.1, -0.05) is 0 Å². The molecule has 2 heterocycles. The van der Waals surface area contributed by atoms with E-state index >= 15 is 0 Å². The van der Waals surface area contributed by atoms with Gasteiger partial charge in [0.15, 0.2) is 11.9 Å². The minimum absolute atomic E-state index is 0.480. The van der Waals surface area contributed by atoms with E-state index in [0.717, 1.165) is 10.9 Å². The number of amides is 1. The second kappa shape index (κ2) is 9.05. The molecule has 9 N–H and O–H groups in total. The molecule has 168 valence electrons. The van der Waals surface area contributed by atoms with E-state index in [4.69, 9.17) is 31.8 Å². The van der Waals surface area contributed by atoms with Gasteiger partial charge in [0.25, 0.3) is 5.91 Å². The van der Waals surface area contributed by atoms with E-state index in [0.29, 0.717) is 0 Å². The zero-order chi connectivity index (χ0) is 23.7. The number of aliphatic hydroxyl groups is 2. The zero-order valence-electron chi connectivity index (χ0n) is 15.8. The third-order valence-electron chi connectivity index (χ3n) is 3.91. The molecule has 1 aromatic heterocycles. The third kappa shape index (κ3) is 5.51. The molecular weight excluding hydrogens is 435 g/mol. The summed E-state index contributed by atoms with van der Waals surface area (Å²) < 4.78 is 28.6. The van der Waals surface area contributed by atoms with Crippen LogP contribution < -0.4 is 11.1 Å². The number of nitrogen functional groups attached to an aromatic ring is 1. The minimum Gasteiger partial charge on any atom is -0.481 e. The summed E-state index contributed by atoms with van der Waals surface area (Å²) in [7, 11) is -5.11. The molecule has 1 aliphatic rings. The number of ether oxygens (including phenoxy) is 1. The molecule has 1 aliphatic heterocycles. The Morgan fingerprint density at radius 1 is 1.37 bits per heavy atom. The van der Waals surface area contributed by atoms with Gasteiger partial charge >= 0.3 is 19.8 Å². The summed E-state index contributed by atoms with van der Waals surface area (Å²) in [4.78, 5) is 55.2. The van der Waals surface area contributed by atoms with Crippen molar-refractivity contribution in [1.29, 1.82) is 0 Å². The smallest absolute Gasteiger partial charge is 0.469 e. The monoisotopic (exact) mass is 455 g/mol. The molecular formula is C13H19N4O12P. The van der Waals surface area contributed by atoms with Crippen LogP contribution in [0.25, 0.3) is 0 Å². The number of aliphatic carboxylic acids is 2. The molecule has 1 fully saturated rings. The van der Waals surface area contributed by atoms with Crippen molar-refractivity contribution in [3.8, 4) is 0 Å². The number of imidazole rings is 1. The van der Waals surface area contributed by atoms with E-state index in [2.05, 4.69) is 9.51 Å². The standard InChI is InChI=1S/C13H19N4O12P/c14-10-7(11(22)16-4(13(23)24)1-6(18)19)15-3-17(10)12-9(21)8(20)5(29-12)2-28-30(25,26)27/h3-5,8-9,12,20-21H,1-2,14H2,(H,16,22)(H,18,19)(H,23,24)(H2,25,26,27)/t4-,5+,8+,9+,12+/m0/s1/i2D/t2?,4-,5+,8+,9+,12+. The Balaban J connectivity index is 2.20.